The van der Waals surface area contributed by atoms with E-state index in [1.165, 1.54) is 0 Å². The van der Waals surface area contributed by atoms with Gasteiger partial charge in [-0.05, 0) is 26.6 Å². The molecule has 1 N–H and O–H groups in total. The summed E-state index contributed by atoms with van der Waals surface area (Å²) in [5.41, 5.74) is -0.538. The Kier molecular flexibility index (Phi) is 6.16. The van der Waals surface area contributed by atoms with E-state index in [1.807, 2.05) is 27.0 Å². The molecule has 78 valence electrons. The Morgan fingerprint density at radius 2 is 2.15 bits per heavy atom. The Balaban J connectivity index is 4.27. The molecule has 0 aliphatic carbocycles. The van der Waals surface area contributed by atoms with Crippen molar-refractivity contribution in [3.63, 3.8) is 0 Å². The van der Waals surface area contributed by atoms with E-state index >= 15 is 0 Å². The lowest BCUT2D eigenvalue weighted by molar-refractivity contribution is -0.149. The molecular weight excluding hydrogens is 186 g/mol. The molecule has 0 aromatic rings. The molecule has 0 fully saturated rings. The number of rotatable bonds is 6. The maximum atomic E-state index is 11.5. The zero-order valence-electron chi connectivity index (χ0n) is 8.85. The first-order chi connectivity index (χ1) is 6.10. The van der Waals surface area contributed by atoms with E-state index < -0.39 is 5.54 Å². The van der Waals surface area contributed by atoms with E-state index in [-0.39, 0.29) is 5.97 Å². The molecule has 0 rings (SSSR count). The van der Waals surface area contributed by atoms with E-state index in [4.69, 9.17) is 4.74 Å². The quantitative estimate of drug-likeness (QED) is 0.663. The number of hydrogen-bond acceptors (Lipinski definition) is 4. The minimum absolute atomic E-state index is 0.161. The molecule has 1 unspecified atom stereocenters. The minimum Gasteiger partial charge on any atom is -0.465 e. The van der Waals surface area contributed by atoms with Crippen LogP contribution in [0.15, 0.2) is 0 Å². The van der Waals surface area contributed by atoms with Gasteiger partial charge in [0.2, 0.25) is 0 Å². The number of hydrogen-bond donors (Lipinski definition) is 1. The van der Waals surface area contributed by atoms with E-state index in [2.05, 4.69) is 5.32 Å². The summed E-state index contributed by atoms with van der Waals surface area (Å²) in [4.78, 5) is 11.5. The molecule has 0 saturated heterocycles. The molecule has 0 spiro atoms. The largest absolute Gasteiger partial charge is 0.465 e. The van der Waals surface area contributed by atoms with Crippen LogP contribution in [0.2, 0.25) is 0 Å². The summed E-state index contributed by atoms with van der Waals surface area (Å²) in [5.74, 6) is 0.575. The SMILES string of the molecule is CCNC(C)(CSC)C(=O)OCC. The Bertz CT molecular complexity index is 156. The topological polar surface area (TPSA) is 38.3 Å². The predicted molar refractivity (Wildman–Crippen MR) is 57.1 cm³/mol. The molecule has 0 radical (unpaired) electrons. The van der Waals surface area contributed by atoms with Crippen LogP contribution in [0.3, 0.4) is 0 Å². The Morgan fingerprint density at radius 1 is 1.54 bits per heavy atom. The normalized spacial score (nSPS) is 15.1. The molecule has 0 aromatic heterocycles. The van der Waals surface area contributed by atoms with Crippen LogP contribution in [0.5, 0.6) is 0 Å². The second kappa shape index (κ2) is 6.27. The van der Waals surface area contributed by atoms with Crippen LogP contribution >= 0.6 is 11.8 Å². The second-order valence-corrected chi connectivity index (χ2v) is 3.88. The van der Waals surface area contributed by atoms with Gasteiger partial charge in [0.1, 0.15) is 5.54 Å². The number of thioether (sulfide) groups is 1. The molecule has 0 amide bonds. The Labute approximate surface area is 84.6 Å². The summed E-state index contributed by atoms with van der Waals surface area (Å²) in [6.07, 6.45) is 1.98. The number of carbonyl (C=O) groups is 1. The maximum Gasteiger partial charge on any atom is 0.326 e. The fourth-order valence-electron chi connectivity index (χ4n) is 1.15. The van der Waals surface area contributed by atoms with Gasteiger partial charge in [-0.1, -0.05) is 6.92 Å². The molecular formula is C9H19NO2S. The fraction of sp³-hybridized carbons (Fsp3) is 0.889. The van der Waals surface area contributed by atoms with Gasteiger partial charge in [-0.3, -0.25) is 4.79 Å². The zero-order chi connectivity index (χ0) is 10.3. The number of nitrogens with one attached hydrogen (secondary N) is 1. The lowest BCUT2D eigenvalue weighted by Gasteiger charge is -2.27. The third kappa shape index (κ3) is 4.00. The number of ether oxygens (including phenoxy) is 1. The standard InChI is InChI=1S/C9H19NO2S/c1-5-10-9(3,7-13-4)8(11)12-6-2/h10H,5-7H2,1-4H3. The molecule has 0 heterocycles. The third-order valence-electron chi connectivity index (χ3n) is 1.73. The summed E-state index contributed by atoms with van der Waals surface area (Å²) in [5, 5.41) is 3.15. The van der Waals surface area contributed by atoms with Crippen LogP contribution < -0.4 is 5.32 Å². The summed E-state index contributed by atoms with van der Waals surface area (Å²) in [6.45, 7) is 6.90. The van der Waals surface area contributed by atoms with Crippen LogP contribution in [-0.2, 0) is 9.53 Å². The fourth-order valence-corrected chi connectivity index (χ4v) is 1.95. The molecule has 0 aromatic carbocycles. The average molecular weight is 205 g/mol. The van der Waals surface area contributed by atoms with Crippen molar-refractivity contribution in [2.75, 3.05) is 25.2 Å². The van der Waals surface area contributed by atoms with Crippen molar-refractivity contribution in [1.82, 2.24) is 5.32 Å². The summed E-state index contributed by atoms with van der Waals surface area (Å²) >= 11 is 1.64. The van der Waals surface area contributed by atoms with Crippen molar-refractivity contribution < 1.29 is 9.53 Å². The average Bonchev–Trinajstić information content (AvgIpc) is 2.05. The monoisotopic (exact) mass is 205 g/mol. The van der Waals surface area contributed by atoms with Gasteiger partial charge in [0, 0.05) is 5.75 Å². The third-order valence-corrected chi connectivity index (χ3v) is 2.59. The van der Waals surface area contributed by atoms with Crippen molar-refractivity contribution in [2.45, 2.75) is 26.3 Å². The lowest BCUT2D eigenvalue weighted by atomic mass is 10.1. The highest BCUT2D eigenvalue weighted by molar-refractivity contribution is 7.98. The molecule has 0 aliphatic heterocycles. The van der Waals surface area contributed by atoms with Gasteiger partial charge >= 0.3 is 5.97 Å². The van der Waals surface area contributed by atoms with Crippen molar-refractivity contribution >= 4 is 17.7 Å². The first-order valence-corrected chi connectivity index (χ1v) is 5.91. The number of carbonyl (C=O) groups excluding carboxylic acids is 1. The highest BCUT2D eigenvalue weighted by Gasteiger charge is 2.32. The molecule has 0 bridgehead atoms. The van der Waals surface area contributed by atoms with Crippen molar-refractivity contribution in [1.29, 1.82) is 0 Å². The zero-order valence-corrected chi connectivity index (χ0v) is 9.66. The van der Waals surface area contributed by atoms with Gasteiger partial charge in [0.15, 0.2) is 0 Å². The van der Waals surface area contributed by atoms with E-state index in [0.717, 1.165) is 12.3 Å². The van der Waals surface area contributed by atoms with E-state index in [0.29, 0.717) is 6.61 Å². The van der Waals surface area contributed by atoms with Crippen LogP contribution in [0.25, 0.3) is 0 Å². The summed E-state index contributed by atoms with van der Waals surface area (Å²) in [6, 6.07) is 0. The van der Waals surface area contributed by atoms with Gasteiger partial charge in [-0.2, -0.15) is 11.8 Å². The molecule has 0 saturated carbocycles. The van der Waals surface area contributed by atoms with Crippen molar-refractivity contribution in [2.24, 2.45) is 0 Å². The smallest absolute Gasteiger partial charge is 0.326 e. The Hall–Kier alpha value is -0.220. The summed E-state index contributed by atoms with van der Waals surface area (Å²) < 4.78 is 5.00. The first kappa shape index (κ1) is 12.8. The Morgan fingerprint density at radius 3 is 2.54 bits per heavy atom. The van der Waals surface area contributed by atoms with Gasteiger partial charge in [-0.15, -0.1) is 0 Å². The molecule has 4 heteroatoms. The number of esters is 1. The van der Waals surface area contributed by atoms with E-state index in [9.17, 15) is 4.79 Å². The van der Waals surface area contributed by atoms with Gasteiger partial charge < -0.3 is 10.1 Å². The molecule has 13 heavy (non-hydrogen) atoms. The minimum atomic E-state index is -0.538. The van der Waals surface area contributed by atoms with Crippen molar-refractivity contribution in [3.05, 3.63) is 0 Å². The van der Waals surface area contributed by atoms with Crippen LogP contribution in [0, 0.1) is 0 Å². The van der Waals surface area contributed by atoms with Gasteiger partial charge in [0.05, 0.1) is 6.61 Å². The molecule has 0 aliphatic rings. The first-order valence-electron chi connectivity index (χ1n) is 4.52. The van der Waals surface area contributed by atoms with Gasteiger partial charge in [-0.25, -0.2) is 0 Å². The van der Waals surface area contributed by atoms with Crippen LogP contribution in [0.1, 0.15) is 20.8 Å². The molecule has 1 atom stereocenters. The van der Waals surface area contributed by atoms with E-state index in [1.54, 1.807) is 11.8 Å². The highest BCUT2D eigenvalue weighted by Crippen LogP contribution is 2.12. The predicted octanol–water partition coefficient (Wildman–Crippen LogP) is 1.28. The lowest BCUT2D eigenvalue weighted by Crippen LogP contribution is -2.52. The van der Waals surface area contributed by atoms with Crippen molar-refractivity contribution in [3.8, 4) is 0 Å². The summed E-state index contributed by atoms with van der Waals surface area (Å²) in [7, 11) is 0. The van der Waals surface area contributed by atoms with Gasteiger partial charge in [0.25, 0.3) is 0 Å². The highest BCUT2D eigenvalue weighted by atomic mass is 32.2. The molecule has 3 nitrogen and oxygen atoms in total. The maximum absolute atomic E-state index is 11.5. The van der Waals surface area contributed by atoms with Crippen LogP contribution in [-0.4, -0.2) is 36.7 Å². The second-order valence-electron chi connectivity index (χ2n) is 3.02. The number of likely N-dealkylation sites (N-methyl/N-ethyl adjacent to an activating group) is 1. The van der Waals surface area contributed by atoms with Crippen LogP contribution in [0.4, 0.5) is 0 Å².